The highest BCUT2D eigenvalue weighted by Gasteiger charge is 2.31. The van der Waals surface area contributed by atoms with Crippen molar-refractivity contribution in [3.63, 3.8) is 0 Å². The van der Waals surface area contributed by atoms with Crippen LogP contribution in [0.4, 0.5) is 18.9 Å². The van der Waals surface area contributed by atoms with Gasteiger partial charge in [0.15, 0.2) is 5.16 Å². The molecule has 4 rings (SSSR count). The minimum absolute atomic E-state index is 0.0848. The van der Waals surface area contributed by atoms with Crippen molar-refractivity contribution in [3.05, 3.63) is 81.3 Å². The third kappa shape index (κ3) is 6.65. The monoisotopic (exact) mass is 532 g/mol. The molecule has 1 amide bonds. The fourth-order valence-electron chi connectivity index (χ4n) is 4.13. The summed E-state index contributed by atoms with van der Waals surface area (Å²) in [5, 5.41) is 0.469. The van der Waals surface area contributed by atoms with E-state index in [9.17, 15) is 22.8 Å². The van der Waals surface area contributed by atoms with E-state index in [1.54, 1.807) is 25.0 Å². The van der Waals surface area contributed by atoms with E-state index < -0.39 is 11.7 Å². The number of piperazine rings is 1. The lowest BCUT2D eigenvalue weighted by atomic mass is 10.1. The second kappa shape index (κ2) is 11.3. The lowest BCUT2D eigenvalue weighted by molar-refractivity contribution is -0.137. The fraction of sp³-hybridized carbons (Fsp3) is 0.346. The van der Waals surface area contributed by atoms with Gasteiger partial charge in [0.25, 0.3) is 5.56 Å². The van der Waals surface area contributed by atoms with Crippen LogP contribution in [0.25, 0.3) is 0 Å². The van der Waals surface area contributed by atoms with Crippen LogP contribution in [0.1, 0.15) is 22.4 Å². The maximum atomic E-state index is 13.0. The summed E-state index contributed by atoms with van der Waals surface area (Å²) in [7, 11) is 1.60. The van der Waals surface area contributed by atoms with Crippen molar-refractivity contribution in [2.75, 3.05) is 38.2 Å². The van der Waals surface area contributed by atoms with Gasteiger partial charge in [0.1, 0.15) is 5.75 Å². The molecule has 7 nitrogen and oxygen atoms in total. The number of rotatable bonds is 7. The highest BCUT2D eigenvalue weighted by molar-refractivity contribution is 7.98. The topological polar surface area (TPSA) is 78.5 Å². The number of carbonyl (C=O) groups excluding carboxylic acids is 1. The molecule has 0 radical (unpaired) electrons. The number of hydrogen-bond acceptors (Lipinski definition) is 6. The zero-order valence-corrected chi connectivity index (χ0v) is 21.3. The van der Waals surface area contributed by atoms with E-state index in [-0.39, 0.29) is 17.9 Å². The summed E-state index contributed by atoms with van der Waals surface area (Å²) in [4.78, 5) is 36.4. The first kappa shape index (κ1) is 26.6. The van der Waals surface area contributed by atoms with Gasteiger partial charge < -0.3 is 19.5 Å². The molecule has 0 spiro atoms. The molecule has 2 aromatic carbocycles. The Kier molecular flexibility index (Phi) is 8.11. The highest BCUT2D eigenvalue weighted by atomic mass is 32.2. The standard InChI is InChI=1S/C26H27F3N4O3S/c1-17-22(24(35)31-25(30-17)37-16-18-5-3-8-21(13-18)36-2)15-23(34)33-11-9-32(10-12-33)20-7-4-6-19(14-20)26(27,28)29/h3-8,13-14H,9-12,15-16H2,1-2H3,(H,30,31,35). The number of anilines is 1. The third-order valence-corrected chi connectivity index (χ3v) is 7.15. The Bertz CT molecular complexity index is 1320. The maximum Gasteiger partial charge on any atom is 0.416 e. The molecule has 1 saturated heterocycles. The van der Waals surface area contributed by atoms with Gasteiger partial charge in [-0.2, -0.15) is 13.2 Å². The Hall–Kier alpha value is -3.47. The molecule has 0 unspecified atom stereocenters. The molecule has 11 heteroatoms. The predicted molar refractivity (Wildman–Crippen MR) is 136 cm³/mol. The fourth-order valence-corrected chi connectivity index (χ4v) is 4.98. The van der Waals surface area contributed by atoms with Crippen molar-refractivity contribution in [2.45, 2.75) is 30.4 Å². The number of alkyl halides is 3. The van der Waals surface area contributed by atoms with Gasteiger partial charge in [-0.3, -0.25) is 9.59 Å². The van der Waals surface area contributed by atoms with E-state index in [1.165, 1.54) is 17.8 Å². The van der Waals surface area contributed by atoms with Crippen LogP contribution < -0.4 is 15.2 Å². The number of aryl methyl sites for hydroxylation is 1. The molecular weight excluding hydrogens is 505 g/mol. The minimum atomic E-state index is -4.41. The molecule has 1 N–H and O–H groups in total. The van der Waals surface area contributed by atoms with Crippen LogP contribution in [-0.4, -0.2) is 54.1 Å². The van der Waals surface area contributed by atoms with Crippen molar-refractivity contribution in [3.8, 4) is 5.75 Å². The van der Waals surface area contributed by atoms with Crippen molar-refractivity contribution in [1.29, 1.82) is 0 Å². The van der Waals surface area contributed by atoms with Gasteiger partial charge in [-0.05, 0) is 42.8 Å². The zero-order chi connectivity index (χ0) is 26.6. The molecule has 37 heavy (non-hydrogen) atoms. The van der Waals surface area contributed by atoms with Gasteiger partial charge in [-0.15, -0.1) is 0 Å². The van der Waals surface area contributed by atoms with E-state index in [0.717, 1.165) is 23.4 Å². The van der Waals surface area contributed by atoms with Crippen LogP contribution in [0.3, 0.4) is 0 Å². The first-order valence-electron chi connectivity index (χ1n) is 11.7. The second-order valence-electron chi connectivity index (χ2n) is 8.67. The number of amides is 1. The summed E-state index contributed by atoms with van der Waals surface area (Å²) < 4.78 is 44.3. The molecule has 1 fully saturated rings. The van der Waals surface area contributed by atoms with Gasteiger partial charge in [0.05, 0.1) is 19.1 Å². The third-order valence-electron chi connectivity index (χ3n) is 6.21. The number of aromatic amines is 1. The molecule has 1 aliphatic heterocycles. The summed E-state index contributed by atoms with van der Waals surface area (Å²) in [5.74, 6) is 1.13. The molecule has 196 valence electrons. The molecule has 1 aliphatic rings. The van der Waals surface area contributed by atoms with Crippen molar-refractivity contribution in [1.82, 2.24) is 14.9 Å². The first-order valence-corrected chi connectivity index (χ1v) is 12.7. The lowest BCUT2D eigenvalue weighted by Crippen LogP contribution is -2.49. The van der Waals surface area contributed by atoms with E-state index >= 15 is 0 Å². The number of halogens is 3. The zero-order valence-electron chi connectivity index (χ0n) is 20.5. The van der Waals surface area contributed by atoms with Gasteiger partial charge in [0.2, 0.25) is 5.91 Å². The highest BCUT2D eigenvalue weighted by Crippen LogP contribution is 2.32. The summed E-state index contributed by atoms with van der Waals surface area (Å²) in [6, 6.07) is 12.8. The molecule has 2 heterocycles. The number of nitrogens with zero attached hydrogens (tertiary/aromatic N) is 3. The van der Waals surface area contributed by atoms with Crippen LogP contribution in [0.5, 0.6) is 5.75 Å². The quantitative estimate of drug-likeness (QED) is 0.361. The Labute approximate surface area is 216 Å². The number of methoxy groups -OCH3 is 1. The van der Waals surface area contributed by atoms with Gasteiger partial charge in [-0.1, -0.05) is 30.0 Å². The number of H-pyrrole nitrogens is 1. The van der Waals surface area contributed by atoms with Crippen molar-refractivity contribution >= 4 is 23.4 Å². The molecule has 0 aliphatic carbocycles. The summed E-state index contributed by atoms with van der Waals surface area (Å²) >= 11 is 1.38. The normalized spacial score (nSPS) is 14.1. The minimum Gasteiger partial charge on any atom is -0.497 e. The molecule has 3 aromatic rings. The number of ether oxygens (including phenoxy) is 1. The van der Waals surface area contributed by atoms with E-state index in [4.69, 9.17) is 4.74 Å². The molecule has 0 atom stereocenters. The number of hydrogen-bond donors (Lipinski definition) is 1. The second-order valence-corrected chi connectivity index (χ2v) is 9.63. The Balaban J connectivity index is 1.35. The Morgan fingerprint density at radius 3 is 2.51 bits per heavy atom. The molecule has 0 saturated carbocycles. The number of thioether (sulfide) groups is 1. The summed E-state index contributed by atoms with van der Waals surface area (Å²) in [5.41, 5.74) is 1.25. The molecule has 1 aromatic heterocycles. The molecular formula is C26H27F3N4O3S. The van der Waals surface area contributed by atoms with Gasteiger partial charge in [0, 0.05) is 48.9 Å². The predicted octanol–water partition coefficient (Wildman–Crippen LogP) is 4.29. The van der Waals surface area contributed by atoms with Crippen LogP contribution in [0.2, 0.25) is 0 Å². The van der Waals surface area contributed by atoms with Crippen molar-refractivity contribution < 1.29 is 22.7 Å². The summed E-state index contributed by atoms with van der Waals surface area (Å²) in [6.07, 6.45) is -4.49. The van der Waals surface area contributed by atoms with E-state index in [0.29, 0.717) is 54.0 Å². The van der Waals surface area contributed by atoms with Crippen LogP contribution in [0, 0.1) is 6.92 Å². The summed E-state index contributed by atoms with van der Waals surface area (Å²) in [6.45, 7) is 3.22. The number of benzene rings is 2. The Morgan fingerprint density at radius 1 is 1.11 bits per heavy atom. The van der Waals surface area contributed by atoms with Crippen LogP contribution in [0.15, 0.2) is 58.5 Å². The Morgan fingerprint density at radius 2 is 1.84 bits per heavy atom. The smallest absolute Gasteiger partial charge is 0.416 e. The average Bonchev–Trinajstić information content (AvgIpc) is 2.89. The SMILES string of the molecule is COc1cccc(CSc2nc(C)c(CC(=O)N3CCN(c4cccc(C(F)(F)F)c4)CC3)c(=O)[nH]2)c1. The number of aromatic nitrogens is 2. The van der Waals surface area contributed by atoms with Crippen molar-refractivity contribution in [2.24, 2.45) is 0 Å². The van der Waals surface area contributed by atoms with Crippen LogP contribution in [-0.2, 0) is 23.1 Å². The molecule has 0 bridgehead atoms. The van der Waals surface area contributed by atoms with Gasteiger partial charge >= 0.3 is 6.18 Å². The average molecular weight is 533 g/mol. The maximum absolute atomic E-state index is 13.0. The lowest BCUT2D eigenvalue weighted by Gasteiger charge is -2.36. The van der Waals surface area contributed by atoms with Crippen LogP contribution >= 0.6 is 11.8 Å². The van der Waals surface area contributed by atoms with E-state index in [2.05, 4.69) is 9.97 Å². The number of carbonyl (C=O) groups is 1. The van der Waals surface area contributed by atoms with Gasteiger partial charge in [-0.25, -0.2) is 4.98 Å². The first-order chi connectivity index (χ1) is 17.6. The number of nitrogens with one attached hydrogen (secondary N) is 1. The van der Waals surface area contributed by atoms with E-state index in [1.807, 2.05) is 29.2 Å². The largest absolute Gasteiger partial charge is 0.497 e.